The summed E-state index contributed by atoms with van der Waals surface area (Å²) in [5.74, 6) is 4.66. The van der Waals surface area contributed by atoms with Gasteiger partial charge in [-0.1, -0.05) is 18.2 Å². The lowest BCUT2D eigenvalue weighted by Gasteiger charge is -2.45. The number of para-hydroxylation sites is 1. The Morgan fingerprint density at radius 2 is 1.68 bits per heavy atom. The standard InChI is InChI=1S/C21H30N2O2/c1-22(2)21(24)14-25-20-6-4-3-5-17(20)11-23-12-18-15-7-8-16(10-9-15)19(18)13-23/h3-6,15-16,18-19H,7-14H2,1-2H3/t15?,16?,18-,19+. The number of carbonyl (C=O) groups is 1. The molecule has 4 aliphatic rings. The average molecular weight is 342 g/mol. The number of ether oxygens (including phenoxy) is 1. The molecule has 4 fully saturated rings. The van der Waals surface area contributed by atoms with Crippen molar-refractivity contribution in [3.05, 3.63) is 29.8 Å². The molecule has 2 atom stereocenters. The fourth-order valence-electron chi connectivity index (χ4n) is 5.35. The molecule has 4 nitrogen and oxygen atoms in total. The molecular formula is C21H30N2O2. The molecule has 5 rings (SSSR count). The quantitative estimate of drug-likeness (QED) is 0.825. The molecule has 2 bridgehead atoms. The highest BCUT2D eigenvalue weighted by Crippen LogP contribution is 2.52. The van der Waals surface area contributed by atoms with Crippen LogP contribution in [0.5, 0.6) is 5.75 Å². The van der Waals surface area contributed by atoms with E-state index in [1.165, 1.54) is 44.3 Å². The van der Waals surface area contributed by atoms with E-state index in [2.05, 4.69) is 17.0 Å². The van der Waals surface area contributed by atoms with Crippen molar-refractivity contribution in [1.29, 1.82) is 0 Å². The van der Waals surface area contributed by atoms with Crippen LogP contribution in [-0.4, -0.2) is 49.5 Å². The van der Waals surface area contributed by atoms with E-state index in [4.69, 9.17) is 4.74 Å². The molecule has 0 unspecified atom stereocenters. The average Bonchev–Trinajstić information content (AvgIpc) is 3.07. The third kappa shape index (κ3) is 3.41. The monoisotopic (exact) mass is 342 g/mol. The summed E-state index contributed by atoms with van der Waals surface area (Å²) < 4.78 is 5.83. The van der Waals surface area contributed by atoms with Gasteiger partial charge in [0.15, 0.2) is 6.61 Å². The normalized spacial score (nSPS) is 31.0. The largest absolute Gasteiger partial charge is 0.483 e. The van der Waals surface area contributed by atoms with Crippen LogP contribution in [0, 0.1) is 23.7 Å². The summed E-state index contributed by atoms with van der Waals surface area (Å²) in [6, 6.07) is 8.20. The lowest BCUT2D eigenvalue weighted by atomic mass is 9.60. The van der Waals surface area contributed by atoms with E-state index in [-0.39, 0.29) is 12.5 Å². The van der Waals surface area contributed by atoms with Crippen molar-refractivity contribution in [3.63, 3.8) is 0 Å². The Kier molecular flexibility index (Phi) is 4.72. The second-order valence-corrected chi connectivity index (χ2v) is 8.38. The van der Waals surface area contributed by atoms with Crippen molar-refractivity contribution in [2.75, 3.05) is 33.8 Å². The van der Waals surface area contributed by atoms with Crippen LogP contribution in [0.15, 0.2) is 24.3 Å². The van der Waals surface area contributed by atoms with Gasteiger partial charge in [0, 0.05) is 39.3 Å². The predicted octanol–water partition coefficient (Wildman–Crippen LogP) is 3.02. The lowest BCUT2D eigenvalue weighted by Crippen LogP contribution is -2.38. The van der Waals surface area contributed by atoms with Crippen LogP contribution in [0.2, 0.25) is 0 Å². The topological polar surface area (TPSA) is 32.8 Å². The zero-order valence-corrected chi connectivity index (χ0v) is 15.5. The van der Waals surface area contributed by atoms with E-state index in [1.807, 2.05) is 12.1 Å². The fraction of sp³-hybridized carbons (Fsp3) is 0.667. The molecule has 1 aliphatic heterocycles. The minimum Gasteiger partial charge on any atom is -0.483 e. The van der Waals surface area contributed by atoms with Crippen LogP contribution in [0.4, 0.5) is 0 Å². The molecule has 1 aromatic rings. The molecule has 0 aromatic heterocycles. The van der Waals surface area contributed by atoms with Gasteiger partial charge in [0.05, 0.1) is 0 Å². The number of likely N-dealkylation sites (tertiary alicyclic amines) is 1. The molecule has 0 N–H and O–H groups in total. The van der Waals surface area contributed by atoms with Crippen LogP contribution in [-0.2, 0) is 11.3 Å². The summed E-state index contributed by atoms with van der Waals surface area (Å²) in [5.41, 5.74) is 1.21. The highest BCUT2D eigenvalue weighted by molar-refractivity contribution is 5.77. The van der Waals surface area contributed by atoms with Gasteiger partial charge < -0.3 is 9.64 Å². The molecule has 1 saturated heterocycles. The summed E-state index contributed by atoms with van der Waals surface area (Å²) in [5, 5.41) is 0. The van der Waals surface area contributed by atoms with Gasteiger partial charge >= 0.3 is 0 Å². The Hall–Kier alpha value is -1.55. The first kappa shape index (κ1) is 16.9. The molecule has 3 saturated carbocycles. The van der Waals surface area contributed by atoms with Crippen molar-refractivity contribution < 1.29 is 9.53 Å². The second-order valence-electron chi connectivity index (χ2n) is 8.38. The zero-order chi connectivity index (χ0) is 17.4. The number of amides is 1. The first-order chi connectivity index (χ1) is 12.1. The molecule has 3 aliphatic carbocycles. The third-order valence-corrected chi connectivity index (χ3v) is 6.73. The van der Waals surface area contributed by atoms with Gasteiger partial charge in [-0.25, -0.2) is 0 Å². The Morgan fingerprint density at radius 3 is 2.28 bits per heavy atom. The second kappa shape index (κ2) is 6.99. The van der Waals surface area contributed by atoms with Crippen molar-refractivity contribution in [1.82, 2.24) is 9.80 Å². The van der Waals surface area contributed by atoms with Gasteiger partial charge in [-0.15, -0.1) is 0 Å². The molecule has 1 amide bonds. The maximum Gasteiger partial charge on any atom is 0.259 e. The molecule has 4 heteroatoms. The molecule has 0 spiro atoms. The minimum absolute atomic E-state index is 0.00132. The van der Waals surface area contributed by atoms with Gasteiger partial charge in [0.2, 0.25) is 0 Å². The van der Waals surface area contributed by atoms with E-state index in [1.54, 1.807) is 19.0 Å². The Bertz CT molecular complexity index is 602. The smallest absolute Gasteiger partial charge is 0.259 e. The summed E-state index contributed by atoms with van der Waals surface area (Å²) in [6.07, 6.45) is 5.86. The van der Waals surface area contributed by atoms with E-state index in [0.29, 0.717) is 0 Å². The van der Waals surface area contributed by atoms with E-state index in [0.717, 1.165) is 36.0 Å². The van der Waals surface area contributed by atoms with E-state index in [9.17, 15) is 4.79 Å². The number of carbonyl (C=O) groups excluding carboxylic acids is 1. The van der Waals surface area contributed by atoms with E-state index >= 15 is 0 Å². The molecular weight excluding hydrogens is 312 g/mol. The number of likely N-dealkylation sites (N-methyl/N-ethyl adjacent to an activating group) is 1. The molecule has 0 radical (unpaired) electrons. The highest BCUT2D eigenvalue weighted by atomic mass is 16.5. The third-order valence-electron chi connectivity index (χ3n) is 6.73. The van der Waals surface area contributed by atoms with Crippen molar-refractivity contribution in [3.8, 4) is 5.75 Å². The summed E-state index contributed by atoms with van der Waals surface area (Å²) >= 11 is 0. The number of hydrogen-bond donors (Lipinski definition) is 0. The zero-order valence-electron chi connectivity index (χ0n) is 15.5. The van der Waals surface area contributed by atoms with Crippen LogP contribution >= 0.6 is 0 Å². The number of benzene rings is 1. The van der Waals surface area contributed by atoms with Gasteiger partial charge in [0.25, 0.3) is 5.91 Å². The number of hydrogen-bond acceptors (Lipinski definition) is 3. The van der Waals surface area contributed by atoms with Gasteiger partial charge in [0.1, 0.15) is 5.75 Å². The Morgan fingerprint density at radius 1 is 1.08 bits per heavy atom. The molecule has 136 valence electrons. The van der Waals surface area contributed by atoms with Gasteiger partial charge in [-0.2, -0.15) is 0 Å². The van der Waals surface area contributed by atoms with Crippen LogP contribution < -0.4 is 4.74 Å². The number of nitrogens with zero attached hydrogens (tertiary/aromatic N) is 2. The number of rotatable bonds is 5. The van der Waals surface area contributed by atoms with Crippen LogP contribution in [0.1, 0.15) is 31.2 Å². The van der Waals surface area contributed by atoms with Crippen molar-refractivity contribution in [2.45, 2.75) is 32.2 Å². The molecule has 1 aromatic carbocycles. The maximum atomic E-state index is 11.8. The van der Waals surface area contributed by atoms with E-state index < -0.39 is 0 Å². The van der Waals surface area contributed by atoms with Crippen molar-refractivity contribution >= 4 is 5.91 Å². The first-order valence-electron chi connectivity index (χ1n) is 9.75. The Labute approximate surface area is 151 Å². The number of fused-ring (bicyclic) bond motifs is 2. The first-order valence-corrected chi connectivity index (χ1v) is 9.75. The molecule has 25 heavy (non-hydrogen) atoms. The van der Waals surface area contributed by atoms with Crippen LogP contribution in [0.25, 0.3) is 0 Å². The predicted molar refractivity (Wildman–Crippen MR) is 98.3 cm³/mol. The summed E-state index contributed by atoms with van der Waals surface area (Å²) in [4.78, 5) is 16.0. The summed E-state index contributed by atoms with van der Waals surface area (Å²) in [7, 11) is 3.52. The minimum atomic E-state index is -0.00132. The Balaban J connectivity index is 1.41. The summed E-state index contributed by atoms with van der Waals surface area (Å²) in [6.45, 7) is 3.55. The lowest BCUT2D eigenvalue weighted by molar-refractivity contribution is -0.130. The highest BCUT2D eigenvalue weighted by Gasteiger charge is 2.47. The van der Waals surface area contributed by atoms with Crippen molar-refractivity contribution in [2.24, 2.45) is 23.7 Å². The molecule has 1 heterocycles. The fourth-order valence-corrected chi connectivity index (χ4v) is 5.35. The van der Waals surface area contributed by atoms with Crippen LogP contribution in [0.3, 0.4) is 0 Å². The maximum absolute atomic E-state index is 11.8. The SMILES string of the molecule is CN(C)C(=O)COc1ccccc1CN1C[C@@H]2C3CCC(CC3)[C@@H]2C1. The van der Waals surface area contributed by atoms with Gasteiger partial charge in [-0.3, -0.25) is 9.69 Å². The van der Waals surface area contributed by atoms with Gasteiger partial charge in [-0.05, 0) is 55.4 Å².